The van der Waals surface area contributed by atoms with Crippen LogP contribution in [-0.2, 0) is 4.79 Å². The van der Waals surface area contributed by atoms with Crippen LogP contribution in [0.1, 0.15) is 44.9 Å². The number of carbonyl (C=O) groups excluding carboxylic acids is 1. The lowest BCUT2D eigenvalue weighted by Gasteiger charge is -2.13. The first kappa shape index (κ1) is 9.20. The molecule has 0 spiro atoms. The molecule has 1 N–H and O–H groups in total. The first-order chi connectivity index (χ1) is 6.27. The van der Waals surface area contributed by atoms with Crippen LogP contribution in [0.5, 0.6) is 0 Å². The molecule has 0 aliphatic heterocycles. The highest BCUT2D eigenvalue weighted by molar-refractivity contribution is 5.83. The average Bonchev–Trinajstić information content (AvgIpc) is 2.72. The second kappa shape index (κ2) is 3.79. The highest BCUT2D eigenvalue weighted by Crippen LogP contribution is 2.34. The Kier molecular flexibility index (Phi) is 2.68. The fraction of sp³-hybridized carbons (Fsp3) is 0.909. The smallest absolute Gasteiger partial charge is 0.139 e. The first-order valence-electron chi connectivity index (χ1n) is 5.49. The Morgan fingerprint density at radius 3 is 2.23 bits per heavy atom. The predicted octanol–water partition coefficient (Wildman–Crippen LogP) is 1.91. The summed E-state index contributed by atoms with van der Waals surface area (Å²) in [5, 5.41) is 9.34. The Balaban J connectivity index is 1.89. The van der Waals surface area contributed by atoms with Crippen molar-refractivity contribution in [1.29, 1.82) is 0 Å². The molecule has 2 aliphatic carbocycles. The van der Waals surface area contributed by atoms with Gasteiger partial charge < -0.3 is 5.11 Å². The lowest BCUT2D eigenvalue weighted by atomic mass is 9.90. The van der Waals surface area contributed by atoms with Gasteiger partial charge in [-0.05, 0) is 32.1 Å². The minimum Gasteiger partial charge on any atom is -0.393 e. The summed E-state index contributed by atoms with van der Waals surface area (Å²) in [6, 6.07) is 0. The molecular weight excluding hydrogens is 164 g/mol. The molecule has 0 saturated heterocycles. The number of hydrogen-bond acceptors (Lipinski definition) is 2. The minimum atomic E-state index is -0.199. The molecule has 2 fully saturated rings. The summed E-state index contributed by atoms with van der Waals surface area (Å²) in [4.78, 5) is 11.9. The zero-order valence-corrected chi connectivity index (χ0v) is 8.04. The zero-order chi connectivity index (χ0) is 9.26. The van der Waals surface area contributed by atoms with Gasteiger partial charge in [-0.3, -0.25) is 4.79 Å². The van der Waals surface area contributed by atoms with Gasteiger partial charge in [0, 0.05) is 11.8 Å². The molecular formula is C11H18O2. The van der Waals surface area contributed by atoms with Crippen molar-refractivity contribution in [2.24, 2.45) is 11.8 Å². The molecule has 0 aromatic heterocycles. The Morgan fingerprint density at radius 1 is 1.00 bits per heavy atom. The molecule has 0 aromatic rings. The van der Waals surface area contributed by atoms with Crippen molar-refractivity contribution in [2.75, 3.05) is 0 Å². The Morgan fingerprint density at radius 2 is 1.69 bits per heavy atom. The van der Waals surface area contributed by atoms with Crippen molar-refractivity contribution >= 4 is 5.78 Å². The summed E-state index contributed by atoms with van der Waals surface area (Å²) in [5.74, 6) is 0.988. The summed E-state index contributed by atoms with van der Waals surface area (Å²) in [6.45, 7) is 0. The topological polar surface area (TPSA) is 37.3 Å². The predicted molar refractivity (Wildman–Crippen MR) is 50.3 cm³/mol. The standard InChI is InChI=1S/C11H18O2/c12-10-6-5-9(7-10)11(13)8-3-1-2-4-8/h8-10,12H,1-7H2/t9-,10+/m0/s1. The van der Waals surface area contributed by atoms with Crippen molar-refractivity contribution < 1.29 is 9.90 Å². The van der Waals surface area contributed by atoms with E-state index in [4.69, 9.17) is 0 Å². The SMILES string of the molecule is O=C(C1CCCC1)[C@H]1CC[C@@H](O)C1. The molecule has 0 bridgehead atoms. The number of aliphatic hydroxyl groups excluding tert-OH is 1. The van der Waals surface area contributed by atoms with Crippen molar-refractivity contribution in [3.05, 3.63) is 0 Å². The van der Waals surface area contributed by atoms with Crippen molar-refractivity contribution in [1.82, 2.24) is 0 Å². The van der Waals surface area contributed by atoms with E-state index in [2.05, 4.69) is 0 Å². The van der Waals surface area contributed by atoms with Gasteiger partial charge in [-0.25, -0.2) is 0 Å². The molecule has 0 heterocycles. The Labute approximate surface area is 79.3 Å². The van der Waals surface area contributed by atoms with E-state index in [1.807, 2.05) is 0 Å². The molecule has 2 saturated carbocycles. The number of carbonyl (C=O) groups is 1. The number of ketones is 1. The number of Topliss-reactive ketones (excluding diaryl/α,β-unsaturated/α-hetero) is 1. The van der Waals surface area contributed by atoms with Gasteiger partial charge in [0.15, 0.2) is 0 Å². The molecule has 0 amide bonds. The van der Waals surface area contributed by atoms with Gasteiger partial charge >= 0.3 is 0 Å². The largest absolute Gasteiger partial charge is 0.393 e. The van der Waals surface area contributed by atoms with E-state index in [1.165, 1.54) is 12.8 Å². The Bertz CT molecular complexity index is 194. The van der Waals surface area contributed by atoms with Crippen LogP contribution in [0.4, 0.5) is 0 Å². The maximum absolute atomic E-state index is 11.9. The fourth-order valence-corrected chi connectivity index (χ4v) is 2.76. The summed E-state index contributed by atoms with van der Waals surface area (Å²) in [6.07, 6.45) is 6.96. The van der Waals surface area contributed by atoms with Crippen LogP contribution in [0.25, 0.3) is 0 Å². The number of rotatable bonds is 2. The van der Waals surface area contributed by atoms with Crippen LogP contribution in [0, 0.1) is 11.8 Å². The van der Waals surface area contributed by atoms with Gasteiger partial charge in [0.25, 0.3) is 0 Å². The third kappa shape index (κ3) is 1.93. The van der Waals surface area contributed by atoms with Gasteiger partial charge in [-0.15, -0.1) is 0 Å². The second-order valence-corrected chi connectivity index (χ2v) is 4.55. The summed E-state index contributed by atoms with van der Waals surface area (Å²) in [7, 11) is 0. The van der Waals surface area contributed by atoms with E-state index in [-0.39, 0.29) is 12.0 Å². The molecule has 2 rings (SSSR count). The van der Waals surface area contributed by atoms with E-state index in [0.717, 1.165) is 32.1 Å². The van der Waals surface area contributed by atoms with Gasteiger partial charge in [-0.2, -0.15) is 0 Å². The van der Waals surface area contributed by atoms with Crippen LogP contribution >= 0.6 is 0 Å². The molecule has 2 atom stereocenters. The fourth-order valence-electron chi connectivity index (χ4n) is 2.76. The molecule has 0 aromatic carbocycles. The van der Waals surface area contributed by atoms with Crippen molar-refractivity contribution in [3.63, 3.8) is 0 Å². The third-order valence-corrected chi connectivity index (χ3v) is 3.56. The highest BCUT2D eigenvalue weighted by atomic mass is 16.3. The van der Waals surface area contributed by atoms with Gasteiger partial charge in [-0.1, -0.05) is 12.8 Å². The molecule has 0 radical (unpaired) electrons. The molecule has 2 heteroatoms. The number of aliphatic hydroxyl groups is 1. The van der Waals surface area contributed by atoms with Crippen LogP contribution in [-0.4, -0.2) is 17.0 Å². The molecule has 2 nitrogen and oxygen atoms in total. The molecule has 2 aliphatic rings. The van der Waals surface area contributed by atoms with Gasteiger partial charge in [0.05, 0.1) is 6.10 Å². The van der Waals surface area contributed by atoms with Gasteiger partial charge in [0.1, 0.15) is 5.78 Å². The van der Waals surface area contributed by atoms with Crippen molar-refractivity contribution in [3.8, 4) is 0 Å². The molecule has 0 unspecified atom stereocenters. The third-order valence-electron chi connectivity index (χ3n) is 3.56. The number of hydrogen-bond donors (Lipinski definition) is 1. The lowest BCUT2D eigenvalue weighted by Crippen LogP contribution is -2.20. The van der Waals surface area contributed by atoms with Crippen molar-refractivity contribution in [2.45, 2.75) is 51.0 Å². The maximum atomic E-state index is 11.9. The zero-order valence-electron chi connectivity index (χ0n) is 8.04. The van der Waals surface area contributed by atoms with Crippen LogP contribution in [0.15, 0.2) is 0 Å². The van der Waals surface area contributed by atoms with E-state index in [0.29, 0.717) is 11.7 Å². The summed E-state index contributed by atoms with van der Waals surface area (Å²) >= 11 is 0. The highest BCUT2D eigenvalue weighted by Gasteiger charge is 2.33. The monoisotopic (exact) mass is 182 g/mol. The molecule has 74 valence electrons. The average molecular weight is 182 g/mol. The maximum Gasteiger partial charge on any atom is 0.139 e. The van der Waals surface area contributed by atoms with E-state index >= 15 is 0 Å². The van der Waals surface area contributed by atoms with E-state index in [1.54, 1.807) is 0 Å². The quantitative estimate of drug-likeness (QED) is 0.708. The first-order valence-corrected chi connectivity index (χ1v) is 5.49. The second-order valence-electron chi connectivity index (χ2n) is 4.55. The van der Waals surface area contributed by atoms with E-state index < -0.39 is 0 Å². The molecule has 13 heavy (non-hydrogen) atoms. The minimum absolute atomic E-state index is 0.193. The summed E-state index contributed by atoms with van der Waals surface area (Å²) in [5.41, 5.74) is 0. The van der Waals surface area contributed by atoms with Crippen LogP contribution in [0.2, 0.25) is 0 Å². The van der Waals surface area contributed by atoms with E-state index in [9.17, 15) is 9.90 Å². The summed E-state index contributed by atoms with van der Waals surface area (Å²) < 4.78 is 0. The van der Waals surface area contributed by atoms with Gasteiger partial charge in [0.2, 0.25) is 0 Å². The van der Waals surface area contributed by atoms with Crippen LogP contribution < -0.4 is 0 Å². The van der Waals surface area contributed by atoms with Crippen LogP contribution in [0.3, 0.4) is 0 Å². The Hall–Kier alpha value is -0.370. The normalized spacial score (nSPS) is 35.5. The lowest BCUT2D eigenvalue weighted by molar-refractivity contribution is -0.126.